The maximum Gasteiger partial charge on any atom is 0.161 e. The zero-order valence-electron chi connectivity index (χ0n) is 13.9. The predicted octanol–water partition coefficient (Wildman–Crippen LogP) is 4.24. The lowest BCUT2D eigenvalue weighted by Crippen LogP contribution is -2.18. The van der Waals surface area contributed by atoms with Crippen LogP contribution >= 0.6 is 0 Å². The fourth-order valence-electron chi connectivity index (χ4n) is 3.27. The van der Waals surface area contributed by atoms with Crippen LogP contribution in [0.5, 0.6) is 11.5 Å². The van der Waals surface area contributed by atoms with Gasteiger partial charge in [-0.3, -0.25) is 4.90 Å². The Hall–Kier alpha value is -2.52. The van der Waals surface area contributed by atoms with E-state index in [1.807, 2.05) is 6.07 Å². The van der Waals surface area contributed by atoms with E-state index in [1.165, 1.54) is 21.9 Å². The van der Waals surface area contributed by atoms with Crippen molar-refractivity contribution < 1.29 is 9.47 Å². The van der Waals surface area contributed by atoms with Crippen molar-refractivity contribution in [2.24, 2.45) is 0 Å². The largest absolute Gasteiger partial charge is 0.486 e. The first-order valence-corrected chi connectivity index (χ1v) is 8.33. The molecule has 0 fully saturated rings. The second-order valence-electron chi connectivity index (χ2n) is 6.29. The maximum atomic E-state index is 5.68. The van der Waals surface area contributed by atoms with Crippen molar-refractivity contribution in [1.82, 2.24) is 4.90 Å². The van der Waals surface area contributed by atoms with Crippen molar-refractivity contribution >= 4 is 10.8 Å². The van der Waals surface area contributed by atoms with Gasteiger partial charge in [0.15, 0.2) is 11.5 Å². The standard InChI is InChI=1S/C21H21NO2/c1-22(14-16-9-10-20-21(13-16)24-12-11-23-20)15-18-7-4-6-17-5-2-3-8-19(17)18/h2-10,13H,11-12,14-15H2,1H3. The van der Waals surface area contributed by atoms with Crippen LogP contribution in [0.25, 0.3) is 10.8 Å². The molecule has 0 bridgehead atoms. The molecule has 3 aromatic rings. The van der Waals surface area contributed by atoms with Gasteiger partial charge >= 0.3 is 0 Å². The van der Waals surface area contributed by atoms with Gasteiger partial charge in [-0.25, -0.2) is 0 Å². The van der Waals surface area contributed by atoms with Crippen LogP contribution in [0.4, 0.5) is 0 Å². The molecule has 1 aliphatic heterocycles. The average Bonchev–Trinajstić information content (AvgIpc) is 2.62. The van der Waals surface area contributed by atoms with Gasteiger partial charge in [0.25, 0.3) is 0 Å². The van der Waals surface area contributed by atoms with Crippen LogP contribution in [-0.4, -0.2) is 25.2 Å². The Kier molecular flexibility index (Phi) is 4.09. The van der Waals surface area contributed by atoms with Gasteiger partial charge in [0, 0.05) is 13.1 Å². The Morgan fingerprint density at radius 3 is 2.54 bits per heavy atom. The molecule has 122 valence electrons. The van der Waals surface area contributed by atoms with E-state index in [4.69, 9.17) is 9.47 Å². The molecule has 0 spiro atoms. The van der Waals surface area contributed by atoms with E-state index >= 15 is 0 Å². The highest BCUT2D eigenvalue weighted by molar-refractivity contribution is 5.85. The molecule has 0 amide bonds. The summed E-state index contributed by atoms with van der Waals surface area (Å²) in [5.74, 6) is 1.71. The number of ether oxygens (including phenoxy) is 2. The van der Waals surface area contributed by atoms with Gasteiger partial charge in [0.1, 0.15) is 13.2 Å². The van der Waals surface area contributed by atoms with Crippen molar-refractivity contribution in [3.8, 4) is 11.5 Å². The van der Waals surface area contributed by atoms with E-state index in [9.17, 15) is 0 Å². The highest BCUT2D eigenvalue weighted by atomic mass is 16.6. The summed E-state index contributed by atoms with van der Waals surface area (Å²) in [4.78, 5) is 2.33. The summed E-state index contributed by atoms with van der Waals surface area (Å²) in [7, 11) is 2.15. The highest BCUT2D eigenvalue weighted by Crippen LogP contribution is 2.31. The summed E-state index contributed by atoms with van der Waals surface area (Å²) in [6, 6.07) is 21.3. The lowest BCUT2D eigenvalue weighted by atomic mass is 10.0. The summed E-state index contributed by atoms with van der Waals surface area (Å²) < 4.78 is 11.3. The molecule has 0 saturated carbocycles. The maximum absolute atomic E-state index is 5.68. The van der Waals surface area contributed by atoms with Crippen LogP contribution in [0, 0.1) is 0 Å². The monoisotopic (exact) mass is 319 g/mol. The van der Waals surface area contributed by atoms with Gasteiger partial charge in [0.05, 0.1) is 0 Å². The van der Waals surface area contributed by atoms with Gasteiger partial charge in [-0.15, -0.1) is 0 Å². The molecule has 1 heterocycles. The quantitative estimate of drug-likeness (QED) is 0.718. The summed E-state index contributed by atoms with van der Waals surface area (Å²) >= 11 is 0. The van der Waals surface area contributed by atoms with Crippen molar-refractivity contribution in [3.63, 3.8) is 0 Å². The lowest BCUT2D eigenvalue weighted by molar-refractivity contribution is 0.171. The molecule has 4 rings (SSSR count). The summed E-state index contributed by atoms with van der Waals surface area (Å²) in [6.07, 6.45) is 0. The lowest BCUT2D eigenvalue weighted by Gasteiger charge is -2.21. The zero-order chi connectivity index (χ0) is 16.4. The van der Waals surface area contributed by atoms with Crippen molar-refractivity contribution in [3.05, 3.63) is 71.8 Å². The second-order valence-corrected chi connectivity index (χ2v) is 6.29. The molecule has 24 heavy (non-hydrogen) atoms. The van der Waals surface area contributed by atoms with E-state index < -0.39 is 0 Å². The first-order valence-electron chi connectivity index (χ1n) is 8.33. The van der Waals surface area contributed by atoms with Crippen LogP contribution in [0.1, 0.15) is 11.1 Å². The normalized spacial score (nSPS) is 13.4. The molecular weight excluding hydrogens is 298 g/mol. The van der Waals surface area contributed by atoms with Crippen LogP contribution < -0.4 is 9.47 Å². The Labute approximate surface area is 142 Å². The first-order chi connectivity index (χ1) is 11.8. The molecule has 0 N–H and O–H groups in total. The first kappa shape index (κ1) is 15.0. The van der Waals surface area contributed by atoms with Gasteiger partial charge in [0.2, 0.25) is 0 Å². The topological polar surface area (TPSA) is 21.7 Å². The van der Waals surface area contributed by atoms with Crippen molar-refractivity contribution in [1.29, 1.82) is 0 Å². The number of fused-ring (bicyclic) bond motifs is 2. The Morgan fingerprint density at radius 2 is 1.62 bits per heavy atom. The van der Waals surface area contributed by atoms with Gasteiger partial charge < -0.3 is 9.47 Å². The summed E-state index contributed by atoms with van der Waals surface area (Å²) in [5.41, 5.74) is 2.59. The third-order valence-electron chi connectivity index (χ3n) is 4.38. The molecule has 3 heteroatoms. The van der Waals surface area contributed by atoms with Gasteiger partial charge in [-0.05, 0) is 41.1 Å². The van der Waals surface area contributed by atoms with Crippen LogP contribution in [0.3, 0.4) is 0 Å². The summed E-state index contributed by atoms with van der Waals surface area (Å²) in [6.45, 7) is 3.05. The predicted molar refractivity (Wildman–Crippen MR) is 96.6 cm³/mol. The third kappa shape index (κ3) is 3.08. The molecule has 0 saturated heterocycles. The fourth-order valence-corrected chi connectivity index (χ4v) is 3.27. The van der Waals surface area contributed by atoms with Crippen LogP contribution in [0.15, 0.2) is 60.7 Å². The minimum absolute atomic E-state index is 0.627. The van der Waals surface area contributed by atoms with E-state index in [2.05, 4.69) is 66.5 Å². The molecule has 1 aliphatic rings. The minimum Gasteiger partial charge on any atom is -0.486 e. The molecule has 0 aliphatic carbocycles. The Morgan fingerprint density at radius 1 is 0.833 bits per heavy atom. The van der Waals surface area contributed by atoms with Crippen LogP contribution in [-0.2, 0) is 13.1 Å². The van der Waals surface area contributed by atoms with Gasteiger partial charge in [-0.2, -0.15) is 0 Å². The molecule has 0 aromatic heterocycles. The van der Waals surface area contributed by atoms with E-state index in [0.717, 1.165) is 24.6 Å². The Balaban J connectivity index is 1.51. The van der Waals surface area contributed by atoms with Crippen LogP contribution in [0.2, 0.25) is 0 Å². The summed E-state index contributed by atoms with van der Waals surface area (Å²) in [5, 5.41) is 2.62. The van der Waals surface area contributed by atoms with E-state index in [0.29, 0.717) is 13.2 Å². The number of rotatable bonds is 4. The Bertz CT molecular complexity index is 854. The molecule has 0 radical (unpaired) electrons. The third-order valence-corrected chi connectivity index (χ3v) is 4.38. The van der Waals surface area contributed by atoms with E-state index in [1.54, 1.807) is 0 Å². The number of hydrogen-bond donors (Lipinski definition) is 0. The smallest absolute Gasteiger partial charge is 0.161 e. The van der Waals surface area contributed by atoms with Gasteiger partial charge in [-0.1, -0.05) is 48.5 Å². The SMILES string of the molecule is CN(Cc1ccc2c(c1)OCCO2)Cc1cccc2ccccc12. The van der Waals surface area contributed by atoms with E-state index in [-0.39, 0.29) is 0 Å². The molecule has 3 aromatic carbocycles. The number of benzene rings is 3. The minimum atomic E-state index is 0.627. The second kappa shape index (κ2) is 6.54. The highest BCUT2D eigenvalue weighted by Gasteiger charge is 2.12. The average molecular weight is 319 g/mol. The van der Waals surface area contributed by atoms with Crippen molar-refractivity contribution in [2.45, 2.75) is 13.1 Å². The number of hydrogen-bond acceptors (Lipinski definition) is 3. The molecule has 3 nitrogen and oxygen atoms in total. The molecule has 0 unspecified atom stereocenters. The zero-order valence-corrected chi connectivity index (χ0v) is 13.9. The van der Waals surface area contributed by atoms with Crippen molar-refractivity contribution in [2.75, 3.05) is 20.3 Å². The molecule has 0 atom stereocenters. The fraction of sp³-hybridized carbons (Fsp3) is 0.238. The number of nitrogens with zero attached hydrogens (tertiary/aromatic N) is 1. The molecular formula is C21H21NO2.